The Kier molecular flexibility index (Phi) is 3.55. The lowest BCUT2D eigenvalue weighted by Gasteiger charge is -2.13. The quantitative estimate of drug-likeness (QED) is 0.565. The Bertz CT molecular complexity index is 929. The number of pyridine rings is 1. The lowest BCUT2D eigenvalue weighted by molar-refractivity contribution is 0.579. The standard InChI is InChI=1S/C17H11FN4OS/c18-13-8-10(3-5-20-13)14-15(11-4-7-24-9-11)21-17(19)22-16(14)12-2-1-6-23-12/h1-9H,(H2,19,21,22). The maximum atomic E-state index is 13.7. The van der Waals surface area contributed by atoms with Gasteiger partial charge >= 0.3 is 0 Å². The summed E-state index contributed by atoms with van der Waals surface area (Å²) in [6.07, 6.45) is 2.96. The molecule has 0 unspecified atom stereocenters. The highest BCUT2D eigenvalue weighted by atomic mass is 32.1. The van der Waals surface area contributed by atoms with Gasteiger partial charge in [-0.15, -0.1) is 0 Å². The zero-order chi connectivity index (χ0) is 16.5. The van der Waals surface area contributed by atoms with E-state index in [1.165, 1.54) is 23.6 Å². The van der Waals surface area contributed by atoms with Crippen LogP contribution in [0.2, 0.25) is 0 Å². The van der Waals surface area contributed by atoms with Crippen molar-refractivity contribution in [3.8, 4) is 33.8 Å². The minimum atomic E-state index is -0.578. The molecule has 4 rings (SSSR count). The molecule has 24 heavy (non-hydrogen) atoms. The van der Waals surface area contributed by atoms with Crippen molar-refractivity contribution >= 4 is 17.3 Å². The monoisotopic (exact) mass is 338 g/mol. The normalized spacial score (nSPS) is 10.9. The summed E-state index contributed by atoms with van der Waals surface area (Å²) in [5, 5.41) is 3.89. The molecule has 0 saturated carbocycles. The van der Waals surface area contributed by atoms with Crippen LogP contribution in [0.1, 0.15) is 0 Å². The summed E-state index contributed by atoms with van der Waals surface area (Å²) in [5.74, 6) is 0.0830. The average Bonchev–Trinajstić information content (AvgIpc) is 3.28. The van der Waals surface area contributed by atoms with Gasteiger partial charge in [0.15, 0.2) is 5.76 Å². The largest absolute Gasteiger partial charge is 0.463 e. The second-order valence-corrected chi connectivity index (χ2v) is 5.79. The highest BCUT2D eigenvalue weighted by molar-refractivity contribution is 7.08. The molecular formula is C17H11FN4OS. The molecule has 0 bridgehead atoms. The minimum absolute atomic E-state index is 0.126. The highest BCUT2D eigenvalue weighted by Gasteiger charge is 2.20. The van der Waals surface area contributed by atoms with Gasteiger partial charge in [-0.25, -0.2) is 15.0 Å². The molecule has 7 heteroatoms. The molecule has 2 N–H and O–H groups in total. The second kappa shape index (κ2) is 5.86. The molecule has 118 valence electrons. The van der Waals surface area contributed by atoms with Gasteiger partial charge in [0.25, 0.3) is 0 Å². The van der Waals surface area contributed by atoms with Crippen LogP contribution in [0.25, 0.3) is 33.8 Å². The van der Waals surface area contributed by atoms with E-state index in [0.29, 0.717) is 28.3 Å². The Hall–Kier alpha value is -3.06. The molecule has 0 radical (unpaired) electrons. The summed E-state index contributed by atoms with van der Waals surface area (Å²) in [4.78, 5) is 12.3. The van der Waals surface area contributed by atoms with Crippen LogP contribution in [0.3, 0.4) is 0 Å². The Morgan fingerprint density at radius 1 is 1.08 bits per heavy atom. The first kappa shape index (κ1) is 14.5. The maximum absolute atomic E-state index is 13.7. The van der Waals surface area contributed by atoms with Crippen LogP contribution in [0, 0.1) is 5.95 Å². The minimum Gasteiger partial charge on any atom is -0.463 e. The van der Waals surface area contributed by atoms with Crippen molar-refractivity contribution in [3.05, 3.63) is 59.5 Å². The Labute approximate surface area is 140 Å². The van der Waals surface area contributed by atoms with Crippen molar-refractivity contribution in [1.29, 1.82) is 0 Å². The van der Waals surface area contributed by atoms with Gasteiger partial charge in [0.05, 0.1) is 12.0 Å². The number of hydrogen-bond acceptors (Lipinski definition) is 6. The molecule has 5 nitrogen and oxygen atoms in total. The topological polar surface area (TPSA) is 77.8 Å². The third-order valence-corrected chi connectivity index (χ3v) is 4.17. The van der Waals surface area contributed by atoms with Crippen LogP contribution in [0.5, 0.6) is 0 Å². The molecule has 0 saturated heterocycles. The predicted octanol–water partition coefficient (Wildman–Crippen LogP) is 4.25. The van der Waals surface area contributed by atoms with Gasteiger partial charge in [0.1, 0.15) is 5.69 Å². The molecule has 0 atom stereocenters. The first-order valence-corrected chi connectivity index (χ1v) is 8.02. The molecule has 4 aromatic rings. The number of nitrogens with two attached hydrogens (primary N) is 1. The van der Waals surface area contributed by atoms with Crippen molar-refractivity contribution in [2.24, 2.45) is 0 Å². The van der Waals surface area contributed by atoms with Gasteiger partial charge in [0.2, 0.25) is 11.9 Å². The van der Waals surface area contributed by atoms with Crippen molar-refractivity contribution in [2.75, 3.05) is 5.73 Å². The van der Waals surface area contributed by atoms with E-state index in [1.807, 2.05) is 16.8 Å². The van der Waals surface area contributed by atoms with Gasteiger partial charge in [-0.1, -0.05) is 0 Å². The van der Waals surface area contributed by atoms with Crippen LogP contribution in [0.15, 0.2) is 58.0 Å². The molecule has 0 spiro atoms. The molecule has 0 aliphatic carbocycles. The fourth-order valence-electron chi connectivity index (χ4n) is 2.51. The first-order chi connectivity index (χ1) is 11.7. The van der Waals surface area contributed by atoms with Gasteiger partial charge in [0, 0.05) is 28.8 Å². The number of furan rings is 1. The fraction of sp³-hybridized carbons (Fsp3) is 0. The molecule has 0 aliphatic heterocycles. The third kappa shape index (κ3) is 2.55. The summed E-state index contributed by atoms with van der Waals surface area (Å²) in [5.41, 5.74) is 9.18. The smallest absolute Gasteiger partial charge is 0.221 e. The number of hydrogen-bond donors (Lipinski definition) is 1. The van der Waals surface area contributed by atoms with E-state index in [1.54, 1.807) is 24.5 Å². The van der Waals surface area contributed by atoms with Crippen molar-refractivity contribution < 1.29 is 8.81 Å². The van der Waals surface area contributed by atoms with E-state index < -0.39 is 5.95 Å². The second-order valence-electron chi connectivity index (χ2n) is 5.01. The Morgan fingerprint density at radius 3 is 2.67 bits per heavy atom. The SMILES string of the molecule is Nc1nc(-c2ccsc2)c(-c2ccnc(F)c2)c(-c2ccco2)n1. The summed E-state index contributed by atoms with van der Waals surface area (Å²) in [7, 11) is 0. The summed E-state index contributed by atoms with van der Waals surface area (Å²) < 4.78 is 19.2. The number of anilines is 1. The number of thiophene rings is 1. The van der Waals surface area contributed by atoms with Crippen molar-refractivity contribution in [2.45, 2.75) is 0 Å². The van der Waals surface area contributed by atoms with E-state index in [4.69, 9.17) is 10.2 Å². The molecule has 0 fully saturated rings. The van der Waals surface area contributed by atoms with Gasteiger partial charge in [-0.3, -0.25) is 0 Å². The van der Waals surface area contributed by atoms with Crippen LogP contribution >= 0.6 is 11.3 Å². The lowest BCUT2D eigenvalue weighted by Crippen LogP contribution is -2.02. The predicted molar refractivity (Wildman–Crippen MR) is 90.6 cm³/mol. The molecule has 4 aromatic heterocycles. The number of rotatable bonds is 3. The van der Waals surface area contributed by atoms with E-state index >= 15 is 0 Å². The maximum Gasteiger partial charge on any atom is 0.221 e. The average molecular weight is 338 g/mol. The first-order valence-electron chi connectivity index (χ1n) is 7.08. The number of aromatic nitrogens is 3. The fourth-order valence-corrected chi connectivity index (χ4v) is 3.15. The third-order valence-electron chi connectivity index (χ3n) is 3.49. The zero-order valence-corrected chi connectivity index (χ0v) is 13.1. The lowest BCUT2D eigenvalue weighted by atomic mass is 9.98. The molecule has 0 amide bonds. The van der Waals surface area contributed by atoms with Gasteiger partial charge in [-0.2, -0.15) is 15.7 Å². The Balaban J connectivity index is 2.07. The van der Waals surface area contributed by atoms with E-state index in [-0.39, 0.29) is 5.95 Å². The highest BCUT2D eigenvalue weighted by Crippen LogP contribution is 2.39. The van der Waals surface area contributed by atoms with Gasteiger partial charge in [-0.05, 0) is 35.2 Å². The summed E-state index contributed by atoms with van der Waals surface area (Å²) in [6, 6.07) is 8.52. The zero-order valence-electron chi connectivity index (χ0n) is 12.3. The van der Waals surface area contributed by atoms with E-state index in [2.05, 4.69) is 15.0 Å². The molecule has 4 heterocycles. The molecule has 0 aromatic carbocycles. The number of halogens is 1. The van der Waals surface area contributed by atoms with Crippen molar-refractivity contribution in [1.82, 2.24) is 15.0 Å². The Morgan fingerprint density at radius 2 is 1.96 bits per heavy atom. The van der Waals surface area contributed by atoms with Crippen LogP contribution in [-0.4, -0.2) is 15.0 Å². The van der Waals surface area contributed by atoms with E-state index in [9.17, 15) is 4.39 Å². The van der Waals surface area contributed by atoms with Crippen molar-refractivity contribution in [3.63, 3.8) is 0 Å². The molecular weight excluding hydrogens is 327 g/mol. The van der Waals surface area contributed by atoms with Crippen LogP contribution in [0.4, 0.5) is 10.3 Å². The van der Waals surface area contributed by atoms with Crippen LogP contribution in [-0.2, 0) is 0 Å². The molecule has 0 aliphatic rings. The number of nitrogens with zero attached hydrogens (tertiary/aromatic N) is 3. The van der Waals surface area contributed by atoms with Crippen LogP contribution < -0.4 is 5.73 Å². The summed E-state index contributed by atoms with van der Waals surface area (Å²) >= 11 is 1.54. The van der Waals surface area contributed by atoms with Gasteiger partial charge < -0.3 is 10.2 Å². The number of nitrogen functional groups attached to an aromatic ring is 1. The summed E-state index contributed by atoms with van der Waals surface area (Å²) in [6.45, 7) is 0. The van der Waals surface area contributed by atoms with E-state index in [0.717, 1.165) is 5.56 Å².